The SMILES string of the molecule is O[C@@H](CN1CCC(O)(c2ccc(F)cc2)CC1)c1ccc2ccccc2c1. The van der Waals surface area contributed by atoms with Crippen LogP contribution in [-0.2, 0) is 5.60 Å². The standard InChI is InChI=1S/C23H24FNO2/c24-21-9-7-20(8-10-21)23(27)11-13-25(14-12-23)16-22(26)19-6-5-17-3-1-2-4-18(17)15-19/h1-10,15,22,26-27H,11-14,16H2/t22-/m0/s1. The number of nitrogens with zero attached hydrogens (tertiary/aromatic N) is 1. The minimum absolute atomic E-state index is 0.293. The van der Waals surface area contributed by atoms with Crippen molar-refractivity contribution in [3.8, 4) is 0 Å². The highest BCUT2D eigenvalue weighted by Gasteiger charge is 2.34. The minimum Gasteiger partial charge on any atom is -0.387 e. The van der Waals surface area contributed by atoms with Gasteiger partial charge in [-0.3, -0.25) is 0 Å². The molecule has 4 rings (SSSR count). The number of aliphatic hydroxyl groups is 2. The summed E-state index contributed by atoms with van der Waals surface area (Å²) in [4.78, 5) is 2.18. The molecule has 0 saturated carbocycles. The smallest absolute Gasteiger partial charge is 0.123 e. The molecule has 0 aliphatic carbocycles. The summed E-state index contributed by atoms with van der Waals surface area (Å²) < 4.78 is 13.1. The molecule has 0 radical (unpaired) electrons. The Balaban J connectivity index is 1.40. The summed E-state index contributed by atoms with van der Waals surface area (Å²) in [6.45, 7) is 1.93. The second-order valence-electron chi connectivity index (χ2n) is 7.46. The predicted molar refractivity (Wildman–Crippen MR) is 105 cm³/mol. The van der Waals surface area contributed by atoms with Gasteiger partial charge in [0.25, 0.3) is 0 Å². The summed E-state index contributed by atoms with van der Waals surface area (Å²) in [6.07, 6.45) is 0.582. The van der Waals surface area contributed by atoms with E-state index in [4.69, 9.17) is 0 Å². The Hall–Kier alpha value is -2.27. The van der Waals surface area contributed by atoms with E-state index in [9.17, 15) is 14.6 Å². The molecule has 0 aromatic heterocycles. The number of rotatable bonds is 4. The molecular formula is C23H24FNO2. The highest BCUT2D eigenvalue weighted by molar-refractivity contribution is 5.83. The van der Waals surface area contributed by atoms with Crippen LogP contribution in [0.5, 0.6) is 0 Å². The van der Waals surface area contributed by atoms with E-state index in [0.29, 0.717) is 32.5 Å². The lowest BCUT2D eigenvalue weighted by atomic mass is 9.84. The number of hydrogen-bond acceptors (Lipinski definition) is 3. The molecule has 27 heavy (non-hydrogen) atoms. The Morgan fingerprint density at radius 3 is 2.30 bits per heavy atom. The topological polar surface area (TPSA) is 43.7 Å². The number of β-amino-alcohol motifs (C(OH)–C–C–N with tert-alkyl or cyclic N) is 1. The fourth-order valence-electron chi connectivity index (χ4n) is 3.92. The summed E-state index contributed by atoms with van der Waals surface area (Å²) >= 11 is 0. The van der Waals surface area contributed by atoms with Crippen LogP contribution in [0.25, 0.3) is 10.8 Å². The van der Waals surface area contributed by atoms with E-state index in [1.807, 2.05) is 30.3 Å². The van der Waals surface area contributed by atoms with Crippen molar-refractivity contribution in [1.29, 1.82) is 0 Å². The molecule has 4 heteroatoms. The summed E-state index contributed by atoms with van der Waals surface area (Å²) in [6, 6.07) is 20.3. The van der Waals surface area contributed by atoms with E-state index in [0.717, 1.165) is 21.9 Å². The van der Waals surface area contributed by atoms with Crippen molar-refractivity contribution in [2.75, 3.05) is 19.6 Å². The molecule has 0 unspecified atom stereocenters. The van der Waals surface area contributed by atoms with Crippen LogP contribution in [0.1, 0.15) is 30.1 Å². The van der Waals surface area contributed by atoms with E-state index in [2.05, 4.69) is 17.0 Å². The van der Waals surface area contributed by atoms with Gasteiger partial charge in [-0.05, 0) is 52.9 Å². The molecule has 1 aliphatic heterocycles. The maximum atomic E-state index is 13.1. The highest BCUT2D eigenvalue weighted by atomic mass is 19.1. The monoisotopic (exact) mass is 365 g/mol. The highest BCUT2D eigenvalue weighted by Crippen LogP contribution is 2.33. The van der Waals surface area contributed by atoms with E-state index in [1.54, 1.807) is 12.1 Å². The molecule has 3 nitrogen and oxygen atoms in total. The molecule has 3 aromatic rings. The van der Waals surface area contributed by atoms with Crippen molar-refractivity contribution in [3.05, 3.63) is 83.7 Å². The summed E-state index contributed by atoms with van der Waals surface area (Å²) in [5, 5.41) is 23.9. The quantitative estimate of drug-likeness (QED) is 0.735. The number of aliphatic hydroxyl groups excluding tert-OH is 1. The van der Waals surface area contributed by atoms with Crippen LogP contribution in [-0.4, -0.2) is 34.7 Å². The Bertz CT molecular complexity index is 917. The van der Waals surface area contributed by atoms with Gasteiger partial charge in [0.1, 0.15) is 5.82 Å². The van der Waals surface area contributed by atoms with Crippen molar-refractivity contribution >= 4 is 10.8 Å². The molecule has 0 amide bonds. The van der Waals surface area contributed by atoms with Crippen molar-refractivity contribution in [2.45, 2.75) is 24.5 Å². The van der Waals surface area contributed by atoms with Crippen molar-refractivity contribution in [1.82, 2.24) is 4.90 Å². The van der Waals surface area contributed by atoms with E-state index >= 15 is 0 Å². The van der Waals surface area contributed by atoms with Gasteiger partial charge in [-0.25, -0.2) is 4.39 Å². The Labute approximate surface area is 158 Å². The fraction of sp³-hybridized carbons (Fsp3) is 0.304. The zero-order chi connectivity index (χ0) is 18.9. The third-order valence-corrected chi connectivity index (χ3v) is 5.65. The van der Waals surface area contributed by atoms with Gasteiger partial charge >= 0.3 is 0 Å². The van der Waals surface area contributed by atoms with Gasteiger partial charge in [0, 0.05) is 19.6 Å². The second kappa shape index (κ2) is 7.39. The van der Waals surface area contributed by atoms with Gasteiger partial charge in [0.05, 0.1) is 11.7 Å². The van der Waals surface area contributed by atoms with E-state index < -0.39 is 11.7 Å². The molecule has 1 atom stereocenters. The van der Waals surface area contributed by atoms with Crippen LogP contribution in [0.2, 0.25) is 0 Å². The predicted octanol–water partition coefficient (Wildman–Crippen LogP) is 4.00. The number of fused-ring (bicyclic) bond motifs is 1. The van der Waals surface area contributed by atoms with Gasteiger partial charge in [-0.1, -0.05) is 48.5 Å². The summed E-state index contributed by atoms with van der Waals surface area (Å²) in [5.74, 6) is -0.293. The van der Waals surface area contributed by atoms with Crippen LogP contribution in [0, 0.1) is 5.82 Å². The van der Waals surface area contributed by atoms with Crippen LogP contribution in [0.4, 0.5) is 4.39 Å². The second-order valence-corrected chi connectivity index (χ2v) is 7.46. The maximum absolute atomic E-state index is 13.1. The first-order valence-electron chi connectivity index (χ1n) is 9.41. The molecular weight excluding hydrogens is 341 g/mol. The lowest BCUT2D eigenvalue weighted by molar-refractivity contribution is -0.0345. The van der Waals surface area contributed by atoms with E-state index in [1.165, 1.54) is 12.1 Å². The molecule has 0 bridgehead atoms. The lowest BCUT2D eigenvalue weighted by Crippen LogP contribution is -2.43. The molecule has 0 spiro atoms. The number of hydrogen-bond donors (Lipinski definition) is 2. The Morgan fingerprint density at radius 2 is 1.59 bits per heavy atom. The van der Waals surface area contributed by atoms with Crippen molar-refractivity contribution in [2.24, 2.45) is 0 Å². The summed E-state index contributed by atoms with van der Waals surface area (Å²) in [5.41, 5.74) is 0.754. The van der Waals surface area contributed by atoms with Crippen LogP contribution in [0.15, 0.2) is 66.7 Å². The molecule has 1 saturated heterocycles. The van der Waals surface area contributed by atoms with Gasteiger partial charge in [-0.15, -0.1) is 0 Å². The van der Waals surface area contributed by atoms with Crippen LogP contribution < -0.4 is 0 Å². The molecule has 140 valence electrons. The van der Waals surface area contributed by atoms with Gasteiger partial charge in [-0.2, -0.15) is 0 Å². The molecule has 3 aromatic carbocycles. The van der Waals surface area contributed by atoms with Crippen LogP contribution >= 0.6 is 0 Å². The normalized spacial score (nSPS) is 18.5. The Morgan fingerprint density at radius 1 is 0.926 bits per heavy atom. The first-order chi connectivity index (χ1) is 13.0. The average Bonchev–Trinajstić information content (AvgIpc) is 2.70. The molecule has 2 N–H and O–H groups in total. The average molecular weight is 365 g/mol. The van der Waals surface area contributed by atoms with Gasteiger partial charge in [0.15, 0.2) is 0 Å². The first kappa shape index (κ1) is 18.1. The summed E-state index contributed by atoms with van der Waals surface area (Å²) in [7, 11) is 0. The first-order valence-corrected chi connectivity index (χ1v) is 9.41. The molecule has 1 heterocycles. The third-order valence-electron chi connectivity index (χ3n) is 5.65. The zero-order valence-electron chi connectivity index (χ0n) is 15.2. The maximum Gasteiger partial charge on any atom is 0.123 e. The largest absolute Gasteiger partial charge is 0.387 e. The molecule has 1 fully saturated rings. The minimum atomic E-state index is -0.919. The van der Waals surface area contributed by atoms with Gasteiger partial charge in [0.2, 0.25) is 0 Å². The number of likely N-dealkylation sites (tertiary alicyclic amines) is 1. The van der Waals surface area contributed by atoms with E-state index in [-0.39, 0.29) is 5.82 Å². The third kappa shape index (κ3) is 3.88. The zero-order valence-corrected chi connectivity index (χ0v) is 15.2. The van der Waals surface area contributed by atoms with Crippen LogP contribution in [0.3, 0.4) is 0 Å². The van der Waals surface area contributed by atoms with Crippen molar-refractivity contribution < 1.29 is 14.6 Å². The lowest BCUT2D eigenvalue weighted by Gasteiger charge is -2.39. The van der Waals surface area contributed by atoms with Crippen molar-refractivity contribution in [3.63, 3.8) is 0 Å². The number of piperidine rings is 1. The fourth-order valence-corrected chi connectivity index (χ4v) is 3.92. The Kier molecular flexibility index (Phi) is 4.96. The van der Waals surface area contributed by atoms with Gasteiger partial charge < -0.3 is 15.1 Å². The number of benzene rings is 3. The number of halogens is 1. The molecule has 1 aliphatic rings.